The number of hydrogen-bond donors (Lipinski definition) is 3. The van der Waals surface area contributed by atoms with Gasteiger partial charge in [0.25, 0.3) is 0 Å². The highest BCUT2D eigenvalue weighted by Gasteiger charge is 2.23. The molecule has 0 radical (unpaired) electrons. The van der Waals surface area contributed by atoms with Crippen LogP contribution in [0, 0.1) is 6.92 Å². The maximum absolute atomic E-state index is 11.7. The number of H-pyrrole nitrogens is 1. The van der Waals surface area contributed by atoms with Crippen molar-refractivity contribution in [3.63, 3.8) is 0 Å². The van der Waals surface area contributed by atoms with Gasteiger partial charge in [0.1, 0.15) is 5.82 Å². The summed E-state index contributed by atoms with van der Waals surface area (Å²) in [7, 11) is 0. The summed E-state index contributed by atoms with van der Waals surface area (Å²) in [5, 5.41) is 10.3. The zero-order chi connectivity index (χ0) is 19.9. The molecule has 1 aromatic heterocycles. The third kappa shape index (κ3) is 6.58. The highest BCUT2D eigenvalue weighted by Crippen LogP contribution is 2.17. The molecule has 2 heterocycles. The molecule has 0 aliphatic carbocycles. The van der Waals surface area contributed by atoms with Crippen LogP contribution < -0.4 is 11.1 Å². The molecular formula is C19H28IN7O2. The Kier molecular flexibility index (Phi) is 8.68. The van der Waals surface area contributed by atoms with Crippen molar-refractivity contribution in [2.75, 3.05) is 19.7 Å². The Morgan fingerprint density at radius 1 is 1.41 bits per heavy atom. The normalized spacial score (nSPS) is 15.0. The Hall–Kier alpha value is -2.37. The number of aliphatic imine (C=N–C) groups is 1. The number of aryl methyl sites for hydroxylation is 1. The van der Waals surface area contributed by atoms with Gasteiger partial charge in [0.2, 0.25) is 0 Å². The molecule has 0 saturated carbocycles. The van der Waals surface area contributed by atoms with Crippen molar-refractivity contribution >= 4 is 36.0 Å². The van der Waals surface area contributed by atoms with Gasteiger partial charge in [0, 0.05) is 24.7 Å². The third-order valence-corrected chi connectivity index (χ3v) is 4.59. The summed E-state index contributed by atoms with van der Waals surface area (Å²) in [4.78, 5) is 22.3. The van der Waals surface area contributed by atoms with Gasteiger partial charge in [-0.25, -0.2) is 14.8 Å². The van der Waals surface area contributed by atoms with Crippen LogP contribution in [0.5, 0.6) is 0 Å². The minimum absolute atomic E-state index is 0. The smallest absolute Gasteiger partial charge is 0.409 e. The first-order chi connectivity index (χ1) is 13.5. The van der Waals surface area contributed by atoms with Crippen LogP contribution in [0.3, 0.4) is 0 Å². The van der Waals surface area contributed by atoms with Crippen LogP contribution in [0.25, 0.3) is 11.4 Å². The molecule has 0 bridgehead atoms. The number of carbonyl (C=O) groups excluding carboxylic acids is 1. The molecule has 1 aliphatic rings. The second kappa shape index (κ2) is 11.0. The van der Waals surface area contributed by atoms with Crippen molar-refractivity contribution in [1.29, 1.82) is 0 Å². The molecule has 1 aromatic carbocycles. The van der Waals surface area contributed by atoms with Gasteiger partial charge in [0.05, 0.1) is 13.2 Å². The second-order valence-corrected chi connectivity index (χ2v) is 6.75. The molecule has 1 aliphatic heterocycles. The van der Waals surface area contributed by atoms with Gasteiger partial charge in [-0.15, -0.1) is 24.0 Å². The van der Waals surface area contributed by atoms with Crippen LogP contribution in [0.2, 0.25) is 0 Å². The van der Waals surface area contributed by atoms with Crippen LogP contribution >= 0.6 is 24.0 Å². The van der Waals surface area contributed by atoms with Crippen LogP contribution in [-0.4, -0.2) is 57.9 Å². The number of halogens is 1. The minimum atomic E-state index is -0.246. The second-order valence-electron chi connectivity index (χ2n) is 6.75. The number of carbonyl (C=O) groups is 1. The maximum atomic E-state index is 11.7. The van der Waals surface area contributed by atoms with Crippen LogP contribution in [-0.2, 0) is 11.3 Å². The number of rotatable bonds is 5. The first-order valence-electron chi connectivity index (χ1n) is 9.51. The van der Waals surface area contributed by atoms with E-state index in [4.69, 9.17) is 10.5 Å². The lowest BCUT2D eigenvalue weighted by Crippen LogP contribution is -2.48. The number of piperidine rings is 1. The van der Waals surface area contributed by atoms with E-state index in [1.165, 1.54) is 0 Å². The molecule has 29 heavy (non-hydrogen) atoms. The number of aromatic amines is 1. The van der Waals surface area contributed by atoms with E-state index in [9.17, 15) is 4.79 Å². The first kappa shape index (κ1) is 22.9. The molecule has 9 nitrogen and oxygen atoms in total. The molecule has 0 spiro atoms. The largest absolute Gasteiger partial charge is 0.450 e. The van der Waals surface area contributed by atoms with E-state index in [-0.39, 0.29) is 36.1 Å². The van der Waals surface area contributed by atoms with Crippen molar-refractivity contribution in [2.45, 2.75) is 39.3 Å². The van der Waals surface area contributed by atoms with Crippen LogP contribution in [0.4, 0.5) is 4.79 Å². The molecule has 0 unspecified atom stereocenters. The monoisotopic (exact) mass is 513 g/mol. The summed E-state index contributed by atoms with van der Waals surface area (Å²) in [6.45, 7) is 5.86. The van der Waals surface area contributed by atoms with E-state index in [0.29, 0.717) is 38.0 Å². The lowest BCUT2D eigenvalue weighted by molar-refractivity contribution is 0.0963. The van der Waals surface area contributed by atoms with Gasteiger partial charge in [-0.2, -0.15) is 5.10 Å². The van der Waals surface area contributed by atoms with Crippen molar-refractivity contribution in [1.82, 2.24) is 25.4 Å². The van der Waals surface area contributed by atoms with Crippen molar-refractivity contribution < 1.29 is 9.53 Å². The topological polar surface area (TPSA) is 122 Å². The minimum Gasteiger partial charge on any atom is -0.450 e. The summed E-state index contributed by atoms with van der Waals surface area (Å²) in [6.07, 6.45) is 1.38. The molecule has 1 amide bonds. The third-order valence-electron chi connectivity index (χ3n) is 4.59. The fraction of sp³-hybridized carbons (Fsp3) is 0.474. The van der Waals surface area contributed by atoms with E-state index in [2.05, 4.69) is 25.5 Å². The number of nitrogens with one attached hydrogen (secondary N) is 2. The fourth-order valence-corrected chi connectivity index (χ4v) is 3.13. The zero-order valence-electron chi connectivity index (χ0n) is 16.7. The molecule has 158 valence electrons. The number of nitrogens with two attached hydrogens (primary N) is 1. The molecule has 0 atom stereocenters. The molecule has 1 saturated heterocycles. The zero-order valence-corrected chi connectivity index (χ0v) is 19.1. The number of hydrogen-bond acceptors (Lipinski definition) is 5. The Bertz CT molecular complexity index is 831. The van der Waals surface area contributed by atoms with Gasteiger partial charge < -0.3 is 20.7 Å². The first-order valence-corrected chi connectivity index (χ1v) is 9.51. The average molecular weight is 513 g/mol. The quantitative estimate of drug-likeness (QED) is 0.321. The van der Waals surface area contributed by atoms with Gasteiger partial charge >= 0.3 is 6.09 Å². The van der Waals surface area contributed by atoms with Crippen LogP contribution in [0.15, 0.2) is 29.3 Å². The van der Waals surface area contributed by atoms with E-state index < -0.39 is 0 Å². The number of benzene rings is 1. The summed E-state index contributed by atoms with van der Waals surface area (Å²) in [6, 6.07) is 8.14. The molecule has 10 heteroatoms. The maximum Gasteiger partial charge on any atom is 0.409 e. The Labute approximate surface area is 187 Å². The molecule has 2 aromatic rings. The van der Waals surface area contributed by atoms with Crippen LogP contribution in [0.1, 0.15) is 31.2 Å². The van der Waals surface area contributed by atoms with Gasteiger partial charge in [-0.05, 0) is 38.3 Å². The number of amides is 1. The highest BCUT2D eigenvalue weighted by molar-refractivity contribution is 14.0. The fourth-order valence-electron chi connectivity index (χ4n) is 3.13. The van der Waals surface area contributed by atoms with Gasteiger partial charge in [-0.1, -0.05) is 18.2 Å². The Morgan fingerprint density at radius 3 is 2.83 bits per heavy atom. The van der Waals surface area contributed by atoms with Crippen molar-refractivity contribution in [3.8, 4) is 11.4 Å². The number of ether oxygens (including phenoxy) is 1. The summed E-state index contributed by atoms with van der Waals surface area (Å²) in [5.41, 5.74) is 8.02. The average Bonchev–Trinajstić information content (AvgIpc) is 3.14. The lowest BCUT2D eigenvalue weighted by atomic mass is 10.1. The summed E-state index contributed by atoms with van der Waals surface area (Å²) >= 11 is 0. The number of nitrogens with zero attached hydrogens (tertiary/aromatic N) is 4. The molecular weight excluding hydrogens is 485 g/mol. The highest BCUT2D eigenvalue weighted by atomic mass is 127. The Balaban J connectivity index is 0.00000300. The predicted molar refractivity (Wildman–Crippen MR) is 122 cm³/mol. The van der Waals surface area contributed by atoms with Crippen molar-refractivity contribution in [2.24, 2.45) is 10.7 Å². The van der Waals surface area contributed by atoms with E-state index in [1.54, 1.807) is 4.90 Å². The van der Waals surface area contributed by atoms with E-state index in [0.717, 1.165) is 29.8 Å². The van der Waals surface area contributed by atoms with E-state index >= 15 is 0 Å². The summed E-state index contributed by atoms with van der Waals surface area (Å²) < 4.78 is 5.04. The van der Waals surface area contributed by atoms with Gasteiger partial charge in [-0.3, -0.25) is 5.10 Å². The standard InChI is InChI=1S/C19H27N7O2.HI/c1-3-28-19(27)26-9-7-16(8-10-26)23-18(20)21-12-14-5-4-6-15(11-14)17-22-13(2)24-25-17;/h4-6,11,16H,3,7-10,12H2,1-2H3,(H3,20,21,23)(H,22,24,25);1H. The lowest BCUT2D eigenvalue weighted by Gasteiger charge is -2.31. The van der Waals surface area contributed by atoms with Crippen molar-refractivity contribution in [3.05, 3.63) is 35.7 Å². The molecule has 1 fully saturated rings. The number of likely N-dealkylation sites (tertiary alicyclic amines) is 1. The SMILES string of the molecule is CCOC(=O)N1CCC(NC(N)=NCc2cccc(-c3n[nH]c(C)n3)c2)CC1.I. The Morgan fingerprint density at radius 2 is 2.17 bits per heavy atom. The number of guanidine groups is 1. The summed E-state index contributed by atoms with van der Waals surface area (Å²) in [5.74, 6) is 1.86. The molecule has 4 N–H and O–H groups in total. The molecule has 3 rings (SSSR count). The van der Waals surface area contributed by atoms with Gasteiger partial charge in [0.15, 0.2) is 11.8 Å². The number of aromatic nitrogens is 3. The predicted octanol–water partition coefficient (Wildman–Crippen LogP) is 2.42. The van der Waals surface area contributed by atoms with E-state index in [1.807, 2.05) is 38.1 Å².